The summed E-state index contributed by atoms with van der Waals surface area (Å²) in [6.45, 7) is 12.8. The molecule has 0 saturated heterocycles. The molecule has 256 valence electrons. The highest BCUT2D eigenvalue weighted by atomic mass is 32.2. The highest BCUT2D eigenvalue weighted by molar-refractivity contribution is 7.85. The van der Waals surface area contributed by atoms with Crippen molar-refractivity contribution in [3.05, 3.63) is 39.8 Å². The molecule has 0 bridgehead atoms. The first-order valence-corrected chi connectivity index (χ1v) is 17.7. The molecule has 46 heavy (non-hydrogen) atoms. The van der Waals surface area contributed by atoms with Gasteiger partial charge in [-0.05, 0) is 50.1 Å². The van der Waals surface area contributed by atoms with Gasteiger partial charge >= 0.3 is 0 Å². The number of rotatable bonds is 24. The Hall–Kier alpha value is -2.99. The van der Waals surface area contributed by atoms with Gasteiger partial charge in [0.05, 0.1) is 90.5 Å². The molecule has 13 nitrogen and oxygen atoms in total. The number of hydrogen-bond acceptors (Lipinski definition) is 12. The van der Waals surface area contributed by atoms with Crippen molar-refractivity contribution in [3.63, 3.8) is 0 Å². The topological polar surface area (TPSA) is 166 Å². The van der Waals surface area contributed by atoms with Crippen LogP contribution in [0.25, 0.3) is 0 Å². The number of ether oxygens (including phenoxy) is 4. The van der Waals surface area contributed by atoms with Gasteiger partial charge in [0.1, 0.15) is 28.6 Å². The van der Waals surface area contributed by atoms with Crippen molar-refractivity contribution in [3.8, 4) is 12.1 Å². The molecule has 2 rings (SSSR count). The lowest BCUT2D eigenvalue weighted by molar-refractivity contribution is -0.890. The van der Waals surface area contributed by atoms with E-state index in [0.29, 0.717) is 91.3 Å². The fourth-order valence-electron chi connectivity index (χ4n) is 4.46. The third-order valence-electron chi connectivity index (χ3n) is 7.26. The summed E-state index contributed by atoms with van der Waals surface area (Å²) in [6, 6.07) is 10.4. The van der Waals surface area contributed by atoms with Gasteiger partial charge in [-0.3, -0.25) is 15.4 Å². The van der Waals surface area contributed by atoms with Crippen LogP contribution in [-0.4, -0.2) is 116 Å². The molecule has 0 aliphatic heterocycles. The maximum atomic E-state index is 10.8. The Bertz CT molecular complexity index is 1400. The number of hydrogen-bond donors (Lipinski definition) is 3. The lowest BCUT2D eigenvalue weighted by atomic mass is 10.1. The molecule has 0 radical (unpaired) electrons. The molecular formula is C31H49N6O7S2+. The fourth-order valence-corrected chi connectivity index (χ4v) is 5.86. The van der Waals surface area contributed by atoms with Gasteiger partial charge in [-0.1, -0.05) is 0 Å². The van der Waals surface area contributed by atoms with E-state index in [2.05, 4.69) is 40.9 Å². The average Bonchev–Trinajstić information content (AvgIpc) is 3.31. The molecule has 1 aromatic heterocycles. The van der Waals surface area contributed by atoms with Crippen molar-refractivity contribution in [2.75, 3.05) is 115 Å². The Balaban J connectivity index is 1.54. The largest absolute Gasteiger partial charge is 0.377 e. The molecule has 0 amide bonds. The van der Waals surface area contributed by atoms with Crippen LogP contribution in [0.1, 0.15) is 34.9 Å². The smallest absolute Gasteiger partial charge is 0.265 e. The van der Waals surface area contributed by atoms with Crippen molar-refractivity contribution in [1.82, 2.24) is 0 Å². The second-order valence-electron chi connectivity index (χ2n) is 11.3. The van der Waals surface area contributed by atoms with Gasteiger partial charge < -0.3 is 28.3 Å². The van der Waals surface area contributed by atoms with Crippen LogP contribution in [0.2, 0.25) is 0 Å². The first kappa shape index (κ1) is 39.2. The van der Waals surface area contributed by atoms with Gasteiger partial charge in [0.25, 0.3) is 10.1 Å². The van der Waals surface area contributed by atoms with Gasteiger partial charge in [-0.25, -0.2) is 0 Å². The number of likely N-dealkylation sites (N-methyl/N-ethyl adjacent to an activating group) is 2. The number of benzene rings is 1. The van der Waals surface area contributed by atoms with Crippen LogP contribution in [0.3, 0.4) is 0 Å². The van der Waals surface area contributed by atoms with Gasteiger partial charge in [-0.2, -0.15) is 18.9 Å². The van der Waals surface area contributed by atoms with E-state index in [-0.39, 0.29) is 5.75 Å². The Morgan fingerprint density at radius 2 is 1.52 bits per heavy atom. The van der Waals surface area contributed by atoms with Crippen LogP contribution >= 0.6 is 11.3 Å². The highest BCUT2D eigenvalue weighted by Crippen LogP contribution is 2.32. The number of aryl methyl sites for hydroxylation is 1. The van der Waals surface area contributed by atoms with Crippen LogP contribution in [0.4, 0.5) is 16.4 Å². The van der Waals surface area contributed by atoms with Gasteiger partial charge in [0.15, 0.2) is 0 Å². The number of nitriles is 2. The first-order valence-electron chi connectivity index (χ1n) is 15.3. The lowest BCUT2D eigenvalue weighted by Crippen LogP contribution is -2.43. The van der Waals surface area contributed by atoms with Crippen LogP contribution < -0.4 is 15.8 Å². The molecule has 0 aliphatic carbocycles. The van der Waals surface area contributed by atoms with Gasteiger partial charge in [0.2, 0.25) is 0 Å². The molecule has 2 aromatic rings. The summed E-state index contributed by atoms with van der Waals surface area (Å²) in [5.74, 6) is -0.223. The fraction of sp³-hybridized carbons (Fsp3) is 0.613. The summed E-state index contributed by atoms with van der Waals surface area (Å²) in [4.78, 5) is 2.76. The summed E-state index contributed by atoms with van der Waals surface area (Å²) in [6.07, 6.45) is 0.402. The molecular weight excluding hydrogens is 633 g/mol. The zero-order valence-electron chi connectivity index (χ0n) is 27.6. The Morgan fingerprint density at radius 1 is 0.913 bits per heavy atom. The molecule has 0 aliphatic rings. The number of quaternary nitrogens is 1. The average molecular weight is 682 g/mol. The van der Waals surface area contributed by atoms with Crippen molar-refractivity contribution < 1.29 is 36.4 Å². The number of anilines is 3. The molecule has 1 heterocycles. The molecule has 0 fully saturated rings. The van der Waals surface area contributed by atoms with Crippen molar-refractivity contribution in [2.24, 2.45) is 0 Å². The third-order valence-corrected chi connectivity index (χ3v) is 9.17. The van der Waals surface area contributed by atoms with Gasteiger partial charge in [-0.15, -0.1) is 11.3 Å². The summed E-state index contributed by atoms with van der Waals surface area (Å²) < 4.78 is 53.6. The SMILES string of the molecule is CCN(CCOCCOCCOCCOCC[N+](C)(C)CCCS(=O)(=O)O)c1ccc(NNc2sc(C#N)c(C)c2C#N)c(C)c1. The second kappa shape index (κ2) is 20.3. The molecule has 0 saturated carbocycles. The summed E-state index contributed by atoms with van der Waals surface area (Å²) in [7, 11) is 0.0839. The van der Waals surface area contributed by atoms with Crippen LogP contribution in [0, 0.1) is 36.5 Å². The predicted molar refractivity (Wildman–Crippen MR) is 181 cm³/mol. The number of nitrogens with one attached hydrogen (secondary N) is 2. The Morgan fingerprint density at radius 3 is 2.07 bits per heavy atom. The monoisotopic (exact) mass is 681 g/mol. The molecule has 1 aromatic carbocycles. The number of nitrogens with zero attached hydrogens (tertiary/aromatic N) is 4. The first-order chi connectivity index (χ1) is 21.9. The standard InChI is InChI=1S/C31H48N6O7S2/c1-6-36(27-8-9-29(25(2)22-27)34-35-31-28(23-32)26(3)30(24-33)45-31)10-13-41-15-17-43-19-20-44-18-16-42-14-12-37(4,5)11-7-21-46(38,39)40/h8-9,22,34-35H,6-7,10-21H2,1-5H3/p+1. The minimum Gasteiger partial charge on any atom is -0.377 e. The van der Waals surface area contributed by atoms with Crippen molar-refractivity contribution in [2.45, 2.75) is 27.2 Å². The van der Waals surface area contributed by atoms with E-state index in [0.717, 1.165) is 36.6 Å². The molecule has 0 spiro atoms. The summed E-state index contributed by atoms with van der Waals surface area (Å²) in [5, 5.41) is 19.3. The van der Waals surface area contributed by atoms with E-state index in [1.54, 1.807) is 6.92 Å². The van der Waals surface area contributed by atoms with Crippen molar-refractivity contribution >= 4 is 37.8 Å². The predicted octanol–water partition coefficient (Wildman–Crippen LogP) is 3.79. The van der Waals surface area contributed by atoms with E-state index in [9.17, 15) is 18.9 Å². The summed E-state index contributed by atoms with van der Waals surface area (Å²) in [5.41, 5.74) is 10.4. The van der Waals surface area contributed by atoms with Gasteiger partial charge in [0, 0.05) is 25.2 Å². The quantitative estimate of drug-likeness (QED) is 0.0636. The molecule has 3 N–H and O–H groups in total. The Kier molecular flexibility index (Phi) is 17.3. The minimum absolute atomic E-state index is 0.223. The van der Waals surface area contributed by atoms with E-state index in [4.69, 9.17) is 23.5 Å². The number of hydrazine groups is 1. The number of thiophene rings is 1. The molecule has 0 atom stereocenters. The highest BCUT2D eigenvalue weighted by Gasteiger charge is 2.17. The van der Waals surface area contributed by atoms with Crippen molar-refractivity contribution in [1.29, 1.82) is 10.5 Å². The maximum absolute atomic E-state index is 10.8. The molecule has 15 heteroatoms. The zero-order valence-corrected chi connectivity index (χ0v) is 29.3. The van der Waals surface area contributed by atoms with Crippen LogP contribution in [0.5, 0.6) is 0 Å². The zero-order chi connectivity index (χ0) is 34.0. The second-order valence-corrected chi connectivity index (χ2v) is 13.9. The third kappa shape index (κ3) is 14.6. The van der Waals surface area contributed by atoms with E-state index < -0.39 is 10.1 Å². The van der Waals surface area contributed by atoms with E-state index in [1.165, 1.54) is 11.3 Å². The van der Waals surface area contributed by atoms with Crippen LogP contribution in [-0.2, 0) is 29.1 Å². The maximum Gasteiger partial charge on any atom is 0.265 e. The van der Waals surface area contributed by atoms with E-state index in [1.807, 2.05) is 33.2 Å². The lowest BCUT2D eigenvalue weighted by Gasteiger charge is -2.29. The normalized spacial score (nSPS) is 11.7. The summed E-state index contributed by atoms with van der Waals surface area (Å²) >= 11 is 1.26. The minimum atomic E-state index is -3.91. The van der Waals surface area contributed by atoms with E-state index >= 15 is 0 Å². The Labute approximate surface area is 277 Å². The van der Waals surface area contributed by atoms with Crippen LogP contribution in [0.15, 0.2) is 18.2 Å². The molecule has 0 unspecified atom stereocenters.